The third-order valence-corrected chi connectivity index (χ3v) is 3.00. The molecular formula is C11H16O4S. The Morgan fingerprint density at radius 1 is 1.31 bits per heavy atom. The summed E-state index contributed by atoms with van der Waals surface area (Å²) in [4.78, 5) is -0.181. The fraction of sp³-hybridized carbons (Fsp3) is 0.455. The van der Waals surface area contributed by atoms with Crippen molar-refractivity contribution in [2.24, 2.45) is 0 Å². The van der Waals surface area contributed by atoms with Gasteiger partial charge in [-0.2, -0.15) is 8.42 Å². The molecule has 0 amide bonds. The maximum atomic E-state index is 11.9. The quantitative estimate of drug-likeness (QED) is 0.774. The van der Waals surface area contributed by atoms with Crippen molar-refractivity contribution in [2.75, 3.05) is 13.1 Å². The van der Waals surface area contributed by atoms with E-state index in [0.717, 1.165) is 5.56 Å². The Morgan fingerprint density at radius 2 is 1.94 bits per heavy atom. The van der Waals surface area contributed by atoms with Crippen molar-refractivity contribution in [1.82, 2.24) is 0 Å². The molecule has 0 saturated carbocycles. The molecule has 0 aliphatic heterocycles. The van der Waals surface area contributed by atoms with Crippen LogP contribution >= 0.6 is 0 Å². The van der Waals surface area contributed by atoms with Gasteiger partial charge in [0.05, 0.1) is 16.9 Å². The fourth-order valence-corrected chi connectivity index (χ4v) is 1.78. The molecule has 0 heterocycles. The Balaban J connectivity index is 2.82. The zero-order valence-electron chi connectivity index (χ0n) is 12.8. The van der Waals surface area contributed by atoms with E-state index in [1.54, 1.807) is 19.1 Å². The molecule has 0 saturated heterocycles. The lowest BCUT2D eigenvalue weighted by atomic mass is 10.2. The van der Waals surface area contributed by atoms with E-state index in [4.69, 9.17) is 10.6 Å². The minimum absolute atomic E-state index is 0.181. The topological polar surface area (TPSA) is 63.6 Å². The zero-order valence-corrected chi connectivity index (χ0v) is 9.62. The first-order valence-electron chi connectivity index (χ1n) is 6.66. The molecule has 0 bridgehead atoms. The van der Waals surface area contributed by atoms with Gasteiger partial charge in [-0.3, -0.25) is 4.18 Å². The average molecular weight is 248 g/mol. The highest BCUT2D eigenvalue weighted by Gasteiger charge is 2.13. The number of aliphatic hydroxyl groups is 1. The number of aryl methyl sites for hydroxylation is 1. The normalized spacial score (nSPS) is 17.1. The molecule has 1 rings (SSSR count). The van der Waals surface area contributed by atoms with Crippen LogP contribution in [0.5, 0.6) is 0 Å². The Kier molecular flexibility index (Phi) is 3.07. The van der Waals surface area contributed by atoms with Crippen LogP contribution in [-0.4, -0.2) is 26.6 Å². The van der Waals surface area contributed by atoms with Crippen molar-refractivity contribution in [3.05, 3.63) is 29.8 Å². The molecule has 0 aromatic heterocycles. The van der Waals surface area contributed by atoms with Gasteiger partial charge in [0, 0.05) is 6.56 Å². The molecule has 4 nitrogen and oxygen atoms in total. The lowest BCUT2D eigenvalue weighted by Gasteiger charge is -2.05. The van der Waals surface area contributed by atoms with Crippen LogP contribution in [0.1, 0.15) is 23.9 Å². The van der Waals surface area contributed by atoms with E-state index in [-0.39, 0.29) is 4.90 Å². The SMILES string of the molecule is [2H]C([2H])(O)CCC([2H])([2H])OS(=O)(=O)c1ccc(C)cc1. The average Bonchev–Trinajstić information content (AvgIpc) is 2.25. The molecule has 1 aromatic rings. The molecule has 0 atom stereocenters. The van der Waals surface area contributed by atoms with E-state index in [2.05, 4.69) is 4.18 Å². The molecule has 0 spiro atoms. The molecule has 0 radical (unpaired) electrons. The Morgan fingerprint density at radius 3 is 2.50 bits per heavy atom. The second kappa shape index (κ2) is 5.98. The summed E-state index contributed by atoms with van der Waals surface area (Å²) in [6.45, 7) is -3.40. The van der Waals surface area contributed by atoms with E-state index in [1.807, 2.05) is 0 Å². The van der Waals surface area contributed by atoms with Gasteiger partial charge in [0.1, 0.15) is 0 Å². The van der Waals surface area contributed by atoms with Crippen molar-refractivity contribution < 1.29 is 23.2 Å². The maximum Gasteiger partial charge on any atom is 0.296 e. The standard InChI is InChI=1S/C11H16O4S/c1-10-4-6-11(7-5-10)16(13,14)15-9-3-2-8-12/h4-7,12H,2-3,8-9H2,1H3/i8D2,9D2. The first-order valence-corrected chi connectivity index (χ1v) is 6.07. The first-order chi connectivity index (χ1) is 8.91. The third kappa shape index (κ3) is 3.92. The van der Waals surface area contributed by atoms with E-state index < -0.39 is 36.1 Å². The zero-order chi connectivity index (χ0) is 15.6. The van der Waals surface area contributed by atoms with Gasteiger partial charge in [-0.1, -0.05) is 17.7 Å². The van der Waals surface area contributed by atoms with Gasteiger partial charge in [0.15, 0.2) is 0 Å². The van der Waals surface area contributed by atoms with E-state index in [9.17, 15) is 8.42 Å². The van der Waals surface area contributed by atoms with Crippen LogP contribution in [0, 0.1) is 6.92 Å². The highest BCUT2D eigenvalue weighted by molar-refractivity contribution is 7.86. The third-order valence-electron chi connectivity index (χ3n) is 1.82. The summed E-state index contributed by atoms with van der Waals surface area (Å²) in [5.41, 5.74) is 0.848. The van der Waals surface area contributed by atoms with Gasteiger partial charge in [0.25, 0.3) is 10.1 Å². The van der Waals surface area contributed by atoms with Crippen molar-refractivity contribution in [3.63, 3.8) is 0 Å². The molecule has 1 N–H and O–H groups in total. The molecule has 0 aliphatic carbocycles. The molecule has 0 unspecified atom stereocenters. The number of hydrogen-bond donors (Lipinski definition) is 1. The van der Waals surface area contributed by atoms with Crippen LogP contribution < -0.4 is 0 Å². The molecule has 90 valence electrons. The van der Waals surface area contributed by atoms with Gasteiger partial charge in [-0.25, -0.2) is 0 Å². The Labute approximate surface area is 102 Å². The van der Waals surface area contributed by atoms with Crippen molar-refractivity contribution in [1.29, 1.82) is 0 Å². The Bertz CT molecular complexity index is 549. The predicted octanol–water partition coefficient (Wildman–Crippen LogP) is 1.47. The summed E-state index contributed by atoms with van der Waals surface area (Å²) in [6.07, 6.45) is -1.18. The van der Waals surface area contributed by atoms with Gasteiger partial charge in [0.2, 0.25) is 0 Å². The molecular weight excluding hydrogens is 228 g/mol. The highest BCUT2D eigenvalue weighted by Crippen LogP contribution is 2.13. The van der Waals surface area contributed by atoms with Crippen LogP contribution in [0.4, 0.5) is 0 Å². The number of hydrogen-bond acceptors (Lipinski definition) is 4. The Hall–Kier alpha value is -0.910. The highest BCUT2D eigenvalue weighted by atomic mass is 32.2. The first kappa shape index (κ1) is 8.22. The van der Waals surface area contributed by atoms with Crippen LogP contribution in [-0.2, 0) is 14.3 Å². The molecule has 0 aliphatic rings. The van der Waals surface area contributed by atoms with Gasteiger partial charge in [-0.05, 0) is 31.9 Å². The fourth-order valence-electron chi connectivity index (χ4n) is 0.979. The van der Waals surface area contributed by atoms with Crippen LogP contribution in [0.3, 0.4) is 0 Å². The molecule has 5 heteroatoms. The van der Waals surface area contributed by atoms with Crippen molar-refractivity contribution >= 4 is 10.1 Å². The lowest BCUT2D eigenvalue weighted by molar-refractivity contribution is 0.255. The van der Waals surface area contributed by atoms with Crippen LogP contribution in [0.2, 0.25) is 0 Å². The van der Waals surface area contributed by atoms with Crippen molar-refractivity contribution in [2.45, 2.75) is 24.7 Å². The van der Waals surface area contributed by atoms with Gasteiger partial charge >= 0.3 is 0 Å². The molecule has 1 aromatic carbocycles. The summed E-state index contributed by atoms with van der Waals surface area (Å²) in [6, 6.07) is 5.70. The van der Waals surface area contributed by atoms with E-state index >= 15 is 0 Å². The number of benzene rings is 1. The van der Waals surface area contributed by atoms with E-state index in [1.165, 1.54) is 12.1 Å². The number of rotatable bonds is 6. The van der Waals surface area contributed by atoms with Crippen molar-refractivity contribution in [3.8, 4) is 0 Å². The molecule has 0 fully saturated rings. The van der Waals surface area contributed by atoms with Crippen LogP contribution in [0.15, 0.2) is 29.2 Å². The van der Waals surface area contributed by atoms with Gasteiger partial charge in [-0.15, -0.1) is 0 Å². The minimum Gasteiger partial charge on any atom is -0.396 e. The summed E-state index contributed by atoms with van der Waals surface area (Å²) in [7, 11) is -4.28. The minimum atomic E-state index is -4.28. The summed E-state index contributed by atoms with van der Waals surface area (Å²) in [5, 5.41) is 8.89. The monoisotopic (exact) mass is 248 g/mol. The second-order valence-corrected chi connectivity index (χ2v) is 4.70. The van der Waals surface area contributed by atoms with E-state index in [0.29, 0.717) is 0 Å². The predicted molar refractivity (Wildman–Crippen MR) is 60.6 cm³/mol. The molecule has 16 heavy (non-hydrogen) atoms. The summed E-state index contributed by atoms with van der Waals surface area (Å²) >= 11 is 0. The lowest BCUT2D eigenvalue weighted by Crippen LogP contribution is -2.08. The second-order valence-electron chi connectivity index (χ2n) is 3.15. The maximum absolute atomic E-state index is 11.9. The summed E-state index contributed by atoms with van der Waals surface area (Å²) in [5.74, 6) is 0. The van der Waals surface area contributed by atoms with Crippen LogP contribution in [0.25, 0.3) is 0 Å². The van der Waals surface area contributed by atoms with Gasteiger partial charge < -0.3 is 5.11 Å². The summed E-state index contributed by atoms with van der Waals surface area (Å²) < 4.78 is 56.8. The smallest absolute Gasteiger partial charge is 0.296 e. The largest absolute Gasteiger partial charge is 0.396 e.